The predicted molar refractivity (Wildman–Crippen MR) is 62.2 cm³/mol. The van der Waals surface area contributed by atoms with E-state index in [1.165, 1.54) is 11.1 Å². The molecule has 0 saturated carbocycles. The van der Waals surface area contributed by atoms with Crippen LogP contribution in [0.25, 0.3) is 0 Å². The second-order valence-corrected chi connectivity index (χ2v) is 3.92. The first-order valence-corrected chi connectivity index (χ1v) is 5.52. The number of hydrogen-bond acceptors (Lipinski definition) is 4. The van der Waals surface area contributed by atoms with Gasteiger partial charge in [-0.3, -0.25) is 0 Å². The number of aryl methyl sites for hydroxylation is 3. The maximum absolute atomic E-state index is 8.49. The molecule has 0 aliphatic rings. The van der Waals surface area contributed by atoms with Gasteiger partial charge in [0.2, 0.25) is 5.89 Å². The molecule has 0 bridgehead atoms. The van der Waals surface area contributed by atoms with Crippen LogP contribution in [0.1, 0.15) is 22.8 Å². The molecule has 1 aromatic heterocycles. The Morgan fingerprint density at radius 1 is 1.24 bits per heavy atom. The molecule has 0 aliphatic carbocycles. The first-order chi connectivity index (χ1) is 8.28. The fraction of sp³-hybridized carbons (Fsp3) is 0.308. The molecule has 0 spiro atoms. The normalized spacial score (nSPS) is 10.1. The van der Waals surface area contributed by atoms with Crippen molar-refractivity contribution < 1.29 is 4.52 Å². The van der Waals surface area contributed by atoms with Crippen molar-refractivity contribution in [3.05, 3.63) is 47.1 Å². The molecule has 0 saturated heterocycles. The van der Waals surface area contributed by atoms with Gasteiger partial charge in [-0.2, -0.15) is 10.2 Å². The molecule has 2 aromatic rings. The van der Waals surface area contributed by atoms with Gasteiger partial charge in [0.25, 0.3) is 0 Å². The van der Waals surface area contributed by atoms with E-state index in [1.54, 1.807) is 0 Å². The fourth-order valence-electron chi connectivity index (χ4n) is 1.54. The SMILES string of the molecule is Cc1ccc(CCc2nc(CC#N)no2)cc1. The lowest BCUT2D eigenvalue weighted by atomic mass is 10.1. The molecule has 0 radical (unpaired) electrons. The third-order valence-corrected chi connectivity index (χ3v) is 2.50. The maximum atomic E-state index is 8.49. The quantitative estimate of drug-likeness (QED) is 0.803. The minimum Gasteiger partial charge on any atom is -0.339 e. The van der Waals surface area contributed by atoms with Gasteiger partial charge >= 0.3 is 0 Å². The Kier molecular flexibility index (Phi) is 3.51. The summed E-state index contributed by atoms with van der Waals surface area (Å²) in [6, 6.07) is 10.4. The van der Waals surface area contributed by atoms with Crippen LogP contribution in [0.2, 0.25) is 0 Å². The molecule has 0 amide bonds. The van der Waals surface area contributed by atoms with Crippen LogP contribution in [-0.4, -0.2) is 10.1 Å². The summed E-state index contributed by atoms with van der Waals surface area (Å²) in [7, 11) is 0. The van der Waals surface area contributed by atoms with Crippen molar-refractivity contribution in [2.75, 3.05) is 0 Å². The Balaban J connectivity index is 1.93. The zero-order valence-electron chi connectivity index (χ0n) is 9.68. The number of benzene rings is 1. The Bertz CT molecular complexity index is 522. The van der Waals surface area contributed by atoms with Gasteiger partial charge in [0.15, 0.2) is 5.82 Å². The van der Waals surface area contributed by atoms with Crippen LogP contribution >= 0.6 is 0 Å². The lowest BCUT2D eigenvalue weighted by Gasteiger charge is -1.98. The Labute approximate surface area is 99.9 Å². The molecule has 0 atom stereocenters. The highest BCUT2D eigenvalue weighted by Gasteiger charge is 2.05. The number of nitrogens with zero attached hydrogens (tertiary/aromatic N) is 3. The topological polar surface area (TPSA) is 62.7 Å². The number of aromatic nitrogens is 2. The monoisotopic (exact) mass is 227 g/mol. The minimum absolute atomic E-state index is 0.202. The van der Waals surface area contributed by atoms with E-state index in [4.69, 9.17) is 9.78 Å². The molecule has 0 N–H and O–H groups in total. The molecule has 2 rings (SSSR count). The summed E-state index contributed by atoms with van der Waals surface area (Å²) in [5.41, 5.74) is 2.50. The predicted octanol–water partition coefficient (Wildman–Crippen LogP) is 2.23. The van der Waals surface area contributed by atoms with Gasteiger partial charge in [-0.1, -0.05) is 35.0 Å². The lowest BCUT2D eigenvalue weighted by Crippen LogP contribution is -1.92. The standard InChI is InChI=1S/C13H13N3O/c1-10-2-4-11(5-3-10)6-7-13-15-12(8-9-14)16-17-13/h2-5H,6-8H2,1H3. The van der Waals surface area contributed by atoms with E-state index in [1.807, 2.05) is 6.07 Å². The van der Waals surface area contributed by atoms with Gasteiger partial charge in [0.05, 0.1) is 12.5 Å². The Morgan fingerprint density at radius 3 is 2.71 bits per heavy atom. The van der Waals surface area contributed by atoms with Crippen molar-refractivity contribution in [2.45, 2.75) is 26.2 Å². The molecule has 86 valence electrons. The van der Waals surface area contributed by atoms with Gasteiger partial charge in [-0.25, -0.2) is 0 Å². The van der Waals surface area contributed by atoms with Crippen molar-refractivity contribution in [2.24, 2.45) is 0 Å². The molecule has 0 aliphatic heterocycles. The van der Waals surface area contributed by atoms with Crippen LogP contribution in [0, 0.1) is 18.3 Å². The van der Waals surface area contributed by atoms with Gasteiger partial charge < -0.3 is 4.52 Å². The van der Waals surface area contributed by atoms with Crippen LogP contribution in [-0.2, 0) is 19.3 Å². The third-order valence-electron chi connectivity index (χ3n) is 2.50. The zero-order chi connectivity index (χ0) is 12.1. The average Bonchev–Trinajstić information content (AvgIpc) is 2.77. The summed E-state index contributed by atoms with van der Waals surface area (Å²) in [6.07, 6.45) is 1.78. The van der Waals surface area contributed by atoms with Crippen LogP contribution in [0.15, 0.2) is 28.8 Å². The zero-order valence-corrected chi connectivity index (χ0v) is 9.68. The highest BCUT2D eigenvalue weighted by atomic mass is 16.5. The van der Waals surface area contributed by atoms with Crippen LogP contribution in [0.4, 0.5) is 0 Å². The first-order valence-electron chi connectivity index (χ1n) is 5.52. The fourth-order valence-corrected chi connectivity index (χ4v) is 1.54. The third kappa shape index (κ3) is 3.15. The van der Waals surface area contributed by atoms with E-state index >= 15 is 0 Å². The smallest absolute Gasteiger partial charge is 0.227 e. The van der Waals surface area contributed by atoms with E-state index in [2.05, 4.69) is 41.3 Å². The van der Waals surface area contributed by atoms with Crippen LogP contribution < -0.4 is 0 Å². The molecule has 1 aromatic carbocycles. The summed E-state index contributed by atoms with van der Waals surface area (Å²) in [4.78, 5) is 4.13. The highest BCUT2D eigenvalue weighted by molar-refractivity contribution is 5.21. The second kappa shape index (κ2) is 5.26. The highest BCUT2D eigenvalue weighted by Crippen LogP contribution is 2.07. The largest absolute Gasteiger partial charge is 0.339 e. The van der Waals surface area contributed by atoms with E-state index in [9.17, 15) is 0 Å². The molecule has 4 nitrogen and oxygen atoms in total. The number of rotatable bonds is 4. The molecule has 0 unspecified atom stereocenters. The summed E-state index contributed by atoms with van der Waals surface area (Å²) < 4.78 is 5.05. The van der Waals surface area contributed by atoms with E-state index < -0.39 is 0 Å². The Morgan fingerprint density at radius 2 is 2.00 bits per heavy atom. The van der Waals surface area contributed by atoms with E-state index in [0.29, 0.717) is 18.1 Å². The van der Waals surface area contributed by atoms with E-state index in [-0.39, 0.29) is 6.42 Å². The van der Waals surface area contributed by atoms with Crippen molar-refractivity contribution >= 4 is 0 Å². The van der Waals surface area contributed by atoms with Gasteiger partial charge in [0.1, 0.15) is 0 Å². The summed E-state index contributed by atoms with van der Waals surface area (Å²) in [5, 5.41) is 12.2. The number of nitriles is 1. The molecule has 4 heteroatoms. The lowest BCUT2D eigenvalue weighted by molar-refractivity contribution is 0.374. The summed E-state index contributed by atoms with van der Waals surface area (Å²) >= 11 is 0. The summed E-state index contributed by atoms with van der Waals surface area (Å²) in [5.74, 6) is 1.06. The molecule has 1 heterocycles. The van der Waals surface area contributed by atoms with Gasteiger partial charge in [-0.05, 0) is 18.9 Å². The maximum Gasteiger partial charge on any atom is 0.227 e. The Hall–Kier alpha value is -2.15. The summed E-state index contributed by atoms with van der Waals surface area (Å²) in [6.45, 7) is 2.07. The molecule has 0 fully saturated rings. The van der Waals surface area contributed by atoms with Crippen LogP contribution in [0.3, 0.4) is 0 Å². The van der Waals surface area contributed by atoms with Crippen molar-refractivity contribution in [3.8, 4) is 6.07 Å². The average molecular weight is 227 g/mol. The van der Waals surface area contributed by atoms with Crippen LogP contribution in [0.5, 0.6) is 0 Å². The van der Waals surface area contributed by atoms with Crippen molar-refractivity contribution in [1.82, 2.24) is 10.1 Å². The molecular weight excluding hydrogens is 214 g/mol. The second-order valence-electron chi connectivity index (χ2n) is 3.92. The van der Waals surface area contributed by atoms with Gasteiger partial charge in [-0.15, -0.1) is 0 Å². The number of hydrogen-bond donors (Lipinski definition) is 0. The van der Waals surface area contributed by atoms with Crippen molar-refractivity contribution in [1.29, 1.82) is 5.26 Å². The van der Waals surface area contributed by atoms with Crippen molar-refractivity contribution in [3.63, 3.8) is 0 Å². The molecule has 17 heavy (non-hydrogen) atoms. The molecular formula is C13H13N3O. The van der Waals surface area contributed by atoms with Gasteiger partial charge in [0, 0.05) is 6.42 Å². The first kappa shape index (κ1) is 11.3. The minimum atomic E-state index is 0.202. The van der Waals surface area contributed by atoms with E-state index in [0.717, 1.165) is 6.42 Å².